The zero-order valence-corrected chi connectivity index (χ0v) is 11.4. The van der Waals surface area contributed by atoms with Gasteiger partial charge in [0.1, 0.15) is 5.75 Å². The highest BCUT2D eigenvalue weighted by atomic mass is 16.3. The summed E-state index contributed by atoms with van der Waals surface area (Å²) in [5.74, 6) is 0.295. The van der Waals surface area contributed by atoms with Gasteiger partial charge in [0.15, 0.2) is 0 Å². The average Bonchev–Trinajstić information content (AvgIpc) is 2.87. The Balaban J connectivity index is 1.71. The SMILES string of the molecule is Cc1cc(NC(=O)C2Cc3ccccc3C2)ccc1O. The molecule has 2 aromatic carbocycles. The minimum absolute atomic E-state index is 0.00140. The molecule has 3 nitrogen and oxygen atoms in total. The lowest BCUT2D eigenvalue weighted by molar-refractivity contribution is -0.119. The Hall–Kier alpha value is -2.29. The van der Waals surface area contributed by atoms with Crippen LogP contribution in [-0.2, 0) is 17.6 Å². The molecule has 2 N–H and O–H groups in total. The van der Waals surface area contributed by atoms with E-state index in [1.807, 2.05) is 19.1 Å². The van der Waals surface area contributed by atoms with Crippen molar-refractivity contribution in [2.75, 3.05) is 5.32 Å². The summed E-state index contributed by atoms with van der Waals surface area (Å²) in [7, 11) is 0. The minimum Gasteiger partial charge on any atom is -0.508 e. The van der Waals surface area contributed by atoms with Crippen LogP contribution in [0.2, 0.25) is 0 Å². The largest absolute Gasteiger partial charge is 0.508 e. The molecule has 3 rings (SSSR count). The van der Waals surface area contributed by atoms with E-state index in [1.165, 1.54) is 11.1 Å². The summed E-state index contributed by atoms with van der Waals surface area (Å²) >= 11 is 0. The fourth-order valence-corrected chi connectivity index (χ4v) is 2.72. The topological polar surface area (TPSA) is 49.3 Å². The molecule has 3 heteroatoms. The molecule has 0 atom stereocenters. The highest BCUT2D eigenvalue weighted by Crippen LogP contribution is 2.28. The molecular formula is C17H17NO2. The van der Waals surface area contributed by atoms with Gasteiger partial charge < -0.3 is 10.4 Å². The molecule has 0 unspecified atom stereocenters. The van der Waals surface area contributed by atoms with Crippen LogP contribution in [0.25, 0.3) is 0 Å². The highest BCUT2D eigenvalue weighted by Gasteiger charge is 2.27. The number of hydrogen-bond acceptors (Lipinski definition) is 2. The van der Waals surface area contributed by atoms with Crippen LogP contribution in [0.1, 0.15) is 16.7 Å². The average molecular weight is 267 g/mol. The number of anilines is 1. The lowest BCUT2D eigenvalue weighted by Crippen LogP contribution is -2.23. The Morgan fingerprint density at radius 2 is 1.80 bits per heavy atom. The minimum atomic E-state index is 0.00140. The van der Waals surface area contributed by atoms with Crippen molar-refractivity contribution in [2.45, 2.75) is 19.8 Å². The maximum atomic E-state index is 12.3. The van der Waals surface area contributed by atoms with Crippen molar-refractivity contribution in [2.24, 2.45) is 5.92 Å². The van der Waals surface area contributed by atoms with E-state index in [2.05, 4.69) is 17.4 Å². The molecule has 0 saturated heterocycles. The molecule has 1 aliphatic rings. The third-order valence-electron chi connectivity index (χ3n) is 3.89. The Morgan fingerprint density at radius 3 is 2.40 bits per heavy atom. The van der Waals surface area contributed by atoms with Gasteiger partial charge in [-0.25, -0.2) is 0 Å². The van der Waals surface area contributed by atoms with E-state index in [0.29, 0.717) is 0 Å². The fourth-order valence-electron chi connectivity index (χ4n) is 2.72. The molecule has 2 aromatic rings. The lowest BCUT2D eigenvalue weighted by atomic mass is 10.1. The van der Waals surface area contributed by atoms with E-state index in [0.717, 1.165) is 24.1 Å². The van der Waals surface area contributed by atoms with Crippen LogP contribution < -0.4 is 5.32 Å². The van der Waals surface area contributed by atoms with Gasteiger partial charge >= 0.3 is 0 Å². The first-order chi connectivity index (χ1) is 9.63. The van der Waals surface area contributed by atoms with Gasteiger partial charge in [-0.3, -0.25) is 4.79 Å². The monoisotopic (exact) mass is 267 g/mol. The fraction of sp³-hybridized carbons (Fsp3) is 0.235. The summed E-state index contributed by atoms with van der Waals surface area (Å²) in [6.45, 7) is 1.82. The molecular weight excluding hydrogens is 250 g/mol. The van der Waals surface area contributed by atoms with Gasteiger partial charge in [0.2, 0.25) is 5.91 Å². The van der Waals surface area contributed by atoms with Crippen LogP contribution in [0.15, 0.2) is 42.5 Å². The van der Waals surface area contributed by atoms with E-state index in [9.17, 15) is 9.90 Å². The van der Waals surface area contributed by atoms with Gasteiger partial charge in [0.05, 0.1) is 0 Å². The molecule has 0 aliphatic heterocycles. The van der Waals surface area contributed by atoms with E-state index in [1.54, 1.807) is 18.2 Å². The van der Waals surface area contributed by atoms with E-state index in [4.69, 9.17) is 0 Å². The van der Waals surface area contributed by atoms with Crippen molar-refractivity contribution in [3.8, 4) is 5.75 Å². The quantitative estimate of drug-likeness (QED) is 0.822. The molecule has 0 radical (unpaired) electrons. The Bertz CT molecular complexity index is 639. The number of rotatable bonds is 2. The number of fused-ring (bicyclic) bond motifs is 1. The van der Waals surface area contributed by atoms with Crippen molar-refractivity contribution in [1.29, 1.82) is 0 Å². The molecule has 0 aromatic heterocycles. The summed E-state index contributed by atoms with van der Waals surface area (Å²) in [5.41, 5.74) is 4.04. The van der Waals surface area contributed by atoms with Crippen molar-refractivity contribution in [3.63, 3.8) is 0 Å². The van der Waals surface area contributed by atoms with Crippen molar-refractivity contribution in [1.82, 2.24) is 0 Å². The maximum Gasteiger partial charge on any atom is 0.228 e. The molecule has 0 heterocycles. The van der Waals surface area contributed by atoms with Crippen LogP contribution in [0.3, 0.4) is 0 Å². The first-order valence-corrected chi connectivity index (χ1v) is 6.81. The Labute approximate surface area is 118 Å². The molecule has 0 fully saturated rings. The smallest absolute Gasteiger partial charge is 0.228 e. The first-order valence-electron chi connectivity index (χ1n) is 6.81. The van der Waals surface area contributed by atoms with Crippen molar-refractivity contribution < 1.29 is 9.90 Å². The second kappa shape index (κ2) is 5.00. The number of carbonyl (C=O) groups is 1. The predicted octanol–water partition coefficient (Wildman–Crippen LogP) is 3.05. The van der Waals surface area contributed by atoms with Gasteiger partial charge in [-0.1, -0.05) is 24.3 Å². The summed E-state index contributed by atoms with van der Waals surface area (Å²) < 4.78 is 0. The van der Waals surface area contributed by atoms with Crippen molar-refractivity contribution in [3.05, 3.63) is 59.2 Å². The van der Waals surface area contributed by atoms with Crippen LogP contribution in [-0.4, -0.2) is 11.0 Å². The van der Waals surface area contributed by atoms with Gasteiger partial charge in [0.25, 0.3) is 0 Å². The van der Waals surface area contributed by atoms with Crippen LogP contribution >= 0.6 is 0 Å². The van der Waals surface area contributed by atoms with Crippen molar-refractivity contribution >= 4 is 11.6 Å². The number of amides is 1. The summed E-state index contributed by atoms with van der Waals surface area (Å²) in [6, 6.07) is 13.3. The van der Waals surface area contributed by atoms with Gasteiger partial charge in [-0.15, -0.1) is 0 Å². The number of aryl methyl sites for hydroxylation is 1. The molecule has 0 bridgehead atoms. The van der Waals surface area contributed by atoms with Crippen LogP contribution in [0.5, 0.6) is 5.75 Å². The summed E-state index contributed by atoms with van der Waals surface area (Å²) in [4.78, 5) is 12.3. The standard InChI is InChI=1S/C17H17NO2/c1-11-8-15(6-7-16(11)19)18-17(20)14-9-12-4-2-3-5-13(12)10-14/h2-8,14,19H,9-10H2,1H3,(H,18,20). The number of hydrogen-bond donors (Lipinski definition) is 2. The number of aromatic hydroxyl groups is 1. The van der Waals surface area contributed by atoms with E-state index in [-0.39, 0.29) is 17.6 Å². The summed E-state index contributed by atoms with van der Waals surface area (Å²) in [6.07, 6.45) is 1.61. The normalized spacial score (nSPS) is 14.1. The third kappa shape index (κ3) is 2.39. The molecule has 0 spiro atoms. The molecule has 1 amide bonds. The number of benzene rings is 2. The Kier molecular flexibility index (Phi) is 3.18. The van der Waals surface area contributed by atoms with Gasteiger partial charge in [-0.2, -0.15) is 0 Å². The third-order valence-corrected chi connectivity index (χ3v) is 3.89. The van der Waals surface area contributed by atoms with Crippen LogP contribution in [0.4, 0.5) is 5.69 Å². The number of carbonyl (C=O) groups excluding carboxylic acids is 1. The second-order valence-electron chi connectivity index (χ2n) is 5.36. The highest BCUT2D eigenvalue weighted by molar-refractivity contribution is 5.93. The molecule has 102 valence electrons. The van der Waals surface area contributed by atoms with E-state index >= 15 is 0 Å². The number of phenols is 1. The maximum absolute atomic E-state index is 12.3. The Morgan fingerprint density at radius 1 is 1.15 bits per heavy atom. The first kappa shape index (κ1) is 12.7. The van der Waals surface area contributed by atoms with Gasteiger partial charge in [-0.05, 0) is 54.7 Å². The van der Waals surface area contributed by atoms with Gasteiger partial charge in [0, 0.05) is 11.6 Å². The zero-order chi connectivity index (χ0) is 14.1. The number of nitrogens with one attached hydrogen (secondary N) is 1. The molecule has 20 heavy (non-hydrogen) atoms. The molecule has 1 aliphatic carbocycles. The molecule has 0 saturated carbocycles. The number of phenolic OH excluding ortho intramolecular Hbond substituents is 1. The van der Waals surface area contributed by atoms with E-state index < -0.39 is 0 Å². The second-order valence-corrected chi connectivity index (χ2v) is 5.36. The lowest BCUT2D eigenvalue weighted by Gasteiger charge is -2.11. The zero-order valence-electron chi connectivity index (χ0n) is 11.4. The summed E-state index contributed by atoms with van der Waals surface area (Å²) in [5, 5.41) is 12.4. The van der Waals surface area contributed by atoms with Crippen LogP contribution in [0, 0.1) is 12.8 Å². The predicted molar refractivity (Wildman–Crippen MR) is 78.8 cm³/mol.